The number of rotatable bonds is 3. The van der Waals surface area contributed by atoms with E-state index in [-0.39, 0.29) is 6.10 Å². The van der Waals surface area contributed by atoms with Crippen LogP contribution in [-0.4, -0.2) is 22.1 Å². The zero-order valence-corrected chi connectivity index (χ0v) is 8.73. The van der Waals surface area contributed by atoms with Gasteiger partial charge in [0.05, 0.1) is 6.10 Å². The smallest absolute Gasteiger partial charge is 0.311 e. The quantitative estimate of drug-likeness (QED) is 0.252. The molecule has 0 unspecified atom stereocenters. The molecular weight excluding hydrogens is 238 g/mol. The first-order chi connectivity index (χ1) is 6.08. The second-order valence-corrected chi connectivity index (χ2v) is 3.89. The molecule has 0 spiro atoms. The molecule has 0 aromatic rings. The summed E-state index contributed by atoms with van der Waals surface area (Å²) >= 11 is 3.01. The zero-order chi connectivity index (χ0) is 9.90. The maximum atomic E-state index is 10.6. The summed E-state index contributed by atoms with van der Waals surface area (Å²) in [7, 11) is 0. The Labute approximate surface area is 84.5 Å². The Morgan fingerprint density at radius 1 is 1.62 bits per heavy atom. The van der Waals surface area contributed by atoms with Gasteiger partial charge in [0.2, 0.25) is 0 Å². The normalized spacial score (nSPS) is 32.0. The van der Waals surface area contributed by atoms with Crippen LogP contribution in [0, 0.1) is 10.1 Å². The van der Waals surface area contributed by atoms with Crippen molar-refractivity contribution >= 4 is 15.9 Å². The second-order valence-electron chi connectivity index (χ2n) is 2.62. The topological polar surface area (TPSA) is 52.4 Å². The largest absolute Gasteiger partial charge is 0.370 e. The first-order valence-electron chi connectivity index (χ1n) is 3.92. The maximum absolute atomic E-state index is 10.6. The molecule has 1 aliphatic rings. The molecule has 0 radical (unpaired) electrons. The van der Waals surface area contributed by atoms with E-state index in [1.54, 1.807) is 12.2 Å². The van der Waals surface area contributed by atoms with Crippen LogP contribution in [0.4, 0.5) is 0 Å². The van der Waals surface area contributed by atoms with Crippen molar-refractivity contribution in [3.05, 3.63) is 34.4 Å². The summed E-state index contributed by atoms with van der Waals surface area (Å²) in [5, 5.41) is 10.6. The van der Waals surface area contributed by atoms with Gasteiger partial charge >= 0.3 is 4.45 Å². The molecule has 0 atom stereocenters. The summed E-state index contributed by atoms with van der Waals surface area (Å²) in [5.74, 6) is 0. The predicted octanol–water partition coefficient (Wildman–Crippen LogP) is 1.89. The Hall–Kier alpha value is -0.680. The van der Waals surface area contributed by atoms with Gasteiger partial charge < -0.3 is 4.74 Å². The standard InChI is InChI=1S/C8H10BrNO3/c1-2-13-7-3-5-8(9,6-4-7)10(11)12/h3-7H,2H2,1H3. The van der Waals surface area contributed by atoms with E-state index >= 15 is 0 Å². The van der Waals surface area contributed by atoms with E-state index < -0.39 is 9.37 Å². The van der Waals surface area contributed by atoms with Crippen LogP contribution in [0.3, 0.4) is 0 Å². The van der Waals surface area contributed by atoms with Crippen molar-refractivity contribution < 1.29 is 9.66 Å². The average Bonchev–Trinajstić information content (AvgIpc) is 2.09. The monoisotopic (exact) mass is 247 g/mol. The molecule has 0 aromatic carbocycles. The van der Waals surface area contributed by atoms with Gasteiger partial charge in [0, 0.05) is 39.6 Å². The Bertz CT molecular complexity index is 248. The molecule has 1 rings (SSSR count). The second kappa shape index (κ2) is 4.02. The number of hydrogen-bond acceptors (Lipinski definition) is 3. The van der Waals surface area contributed by atoms with Gasteiger partial charge in [-0.2, -0.15) is 0 Å². The summed E-state index contributed by atoms with van der Waals surface area (Å²) in [5.41, 5.74) is 0. The van der Waals surface area contributed by atoms with Crippen LogP contribution in [0.25, 0.3) is 0 Å². The molecular formula is C8H10BrNO3. The van der Waals surface area contributed by atoms with Gasteiger partial charge in [-0.1, -0.05) is 0 Å². The van der Waals surface area contributed by atoms with E-state index in [4.69, 9.17) is 4.74 Å². The average molecular weight is 248 g/mol. The minimum Gasteiger partial charge on any atom is -0.370 e. The molecule has 0 aliphatic heterocycles. The Morgan fingerprint density at radius 2 is 2.15 bits per heavy atom. The molecule has 0 bridgehead atoms. The summed E-state index contributed by atoms with van der Waals surface area (Å²) in [6, 6.07) is 0. The Morgan fingerprint density at radius 3 is 2.54 bits per heavy atom. The van der Waals surface area contributed by atoms with E-state index in [1.807, 2.05) is 6.92 Å². The third-order valence-corrected chi connectivity index (χ3v) is 2.50. The summed E-state index contributed by atoms with van der Waals surface area (Å²) < 4.78 is 3.99. The Kier molecular flexibility index (Phi) is 3.22. The SMILES string of the molecule is CCOC1C=CC(Br)([N+](=O)[O-])C=C1. The van der Waals surface area contributed by atoms with Crippen molar-refractivity contribution in [1.82, 2.24) is 0 Å². The molecule has 0 saturated heterocycles. The third-order valence-electron chi connectivity index (χ3n) is 1.68. The lowest BCUT2D eigenvalue weighted by molar-refractivity contribution is -0.508. The number of ether oxygens (including phenoxy) is 1. The van der Waals surface area contributed by atoms with Gasteiger partial charge in [0.25, 0.3) is 0 Å². The fourth-order valence-electron chi connectivity index (χ4n) is 1.00. The molecule has 72 valence electrons. The van der Waals surface area contributed by atoms with Crippen molar-refractivity contribution in [2.24, 2.45) is 0 Å². The summed E-state index contributed by atoms with van der Waals surface area (Å²) in [4.78, 5) is 10.2. The lowest BCUT2D eigenvalue weighted by Gasteiger charge is -2.17. The van der Waals surface area contributed by atoms with Crippen molar-refractivity contribution in [3.63, 3.8) is 0 Å². The number of hydrogen-bond donors (Lipinski definition) is 0. The van der Waals surface area contributed by atoms with Crippen molar-refractivity contribution in [2.75, 3.05) is 6.61 Å². The van der Waals surface area contributed by atoms with Crippen molar-refractivity contribution in [3.8, 4) is 0 Å². The minimum atomic E-state index is -1.25. The summed E-state index contributed by atoms with van der Waals surface area (Å²) in [6.07, 6.45) is 6.15. The molecule has 13 heavy (non-hydrogen) atoms. The molecule has 0 aromatic heterocycles. The van der Waals surface area contributed by atoms with E-state index in [0.717, 1.165) is 0 Å². The minimum absolute atomic E-state index is 0.143. The highest BCUT2D eigenvalue weighted by Crippen LogP contribution is 2.26. The van der Waals surface area contributed by atoms with Gasteiger partial charge in [0.1, 0.15) is 0 Å². The van der Waals surface area contributed by atoms with Gasteiger partial charge in [-0.05, 0) is 19.1 Å². The van der Waals surface area contributed by atoms with E-state index in [9.17, 15) is 10.1 Å². The van der Waals surface area contributed by atoms with Crippen LogP contribution in [0.2, 0.25) is 0 Å². The first kappa shape index (κ1) is 10.4. The van der Waals surface area contributed by atoms with E-state index in [1.165, 1.54) is 12.2 Å². The maximum Gasteiger partial charge on any atom is 0.311 e. The van der Waals surface area contributed by atoms with Gasteiger partial charge in [0.15, 0.2) is 0 Å². The fraction of sp³-hybridized carbons (Fsp3) is 0.500. The summed E-state index contributed by atoms with van der Waals surface area (Å²) in [6.45, 7) is 2.47. The van der Waals surface area contributed by atoms with Crippen LogP contribution in [0.1, 0.15) is 6.92 Å². The Balaban J connectivity index is 2.67. The number of alkyl halides is 1. The van der Waals surface area contributed by atoms with Crippen LogP contribution in [0.5, 0.6) is 0 Å². The molecule has 0 N–H and O–H groups in total. The molecule has 0 heterocycles. The van der Waals surface area contributed by atoms with Crippen LogP contribution in [0.15, 0.2) is 24.3 Å². The van der Waals surface area contributed by atoms with E-state index in [2.05, 4.69) is 15.9 Å². The fourth-order valence-corrected chi connectivity index (χ4v) is 1.31. The highest BCUT2D eigenvalue weighted by molar-refractivity contribution is 9.10. The third kappa shape index (κ3) is 2.38. The lowest BCUT2D eigenvalue weighted by atomic mass is 10.1. The number of halogens is 1. The molecule has 0 fully saturated rings. The first-order valence-corrected chi connectivity index (χ1v) is 4.71. The van der Waals surface area contributed by atoms with Gasteiger partial charge in [-0.25, -0.2) is 0 Å². The zero-order valence-electron chi connectivity index (χ0n) is 7.14. The lowest BCUT2D eigenvalue weighted by Crippen LogP contribution is -2.29. The van der Waals surface area contributed by atoms with E-state index in [0.29, 0.717) is 6.61 Å². The number of nitrogens with zero attached hydrogens (tertiary/aromatic N) is 1. The predicted molar refractivity (Wildman–Crippen MR) is 52.3 cm³/mol. The number of nitro groups is 1. The highest BCUT2D eigenvalue weighted by Gasteiger charge is 2.35. The molecule has 0 amide bonds. The molecule has 4 nitrogen and oxygen atoms in total. The van der Waals surface area contributed by atoms with Crippen LogP contribution >= 0.6 is 15.9 Å². The highest BCUT2D eigenvalue weighted by atomic mass is 79.9. The molecule has 0 saturated carbocycles. The van der Waals surface area contributed by atoms with Gasteiger partial charge in [-0.3, -0.25) is 10.1 Å². The van der Waals surface area contributed by atoms with Crippen molar-refractivity contribution in [1.29, 1.82) is 0 Å². The van der Waals surface area contributed by atoms with Gasteiger partial charge in [-0.15, -0.1) is 0 Å². The molecule has 5 heteroatoms. The van der Waals surface area contributed by atoms with Crippen LogP contribution < -0.4 is 0 Å². The molecule has 1 aliphatic carbocycles. The van der Waals surface area contributed by atoms with Crippen LogP contribution in [-0.2, 0) is 4.74 Å². The van der Waals surface area contributed by atoms with Crippen molar-refractivity contribution in [2.45, 2.75) is 17.5 Å².